The molecule has 7 heteroatoms. The lowest BCUT2D eigenvalue weighted by atomic mass is 10.2. The molecular weight excluding hydrogens is 318 g/mol. The van der Waals surface area contributed by atoms with Crippen LogP contribution >= 0.6 is 0 Å². The minimum absolute atomic E-state index is 0.0937. The number of aromatic nitrogens is 2. The average Bonchev–Trinajstić information content (AvgIpc) is 2.67. The van der Waals surface area contributed by atoms with Crippen molar-refractivity contribution in [1.82, 2.24) is 20.4 Å². The van der Waals surface area contributed by atoms with Gasteiger partial charge in [-0.3, -0.25) is 9.59 Å². The Labute approximate surface area is 146 Å². The molecule has 1 aliphatic heterocycles. The fourth-order valence-electron chi connectivity index (χ4n) is 2.73. The topological polar surface area (TPSA) is 78.4 Å². The second-order valence-electron chi connectivity index (χ2n) is 5.94. The number of benzene rings is 1. The minimum Gasteiger partial charge on any atom is -0.352 e. The van der Waals surface area contributed by atoms with E-state index in [4.69, 9.17) is 0 Å². The van der Waals surface area contributed by atoms with Crippen LogP contribution in [0.5, 0.6) is 0 Å². The molecule has 2 aromatic rings. The van der Waals surface area contributed by atoms with Gasteiger partial charge in [-0.25, -0.2) is 0 Å². The van der Waals surface area contributed by atoms with Crippen LogP contribution in [-0.2, 0) is 11.3 Å². The number of hydrogen-bond acceptors (Lipinski definition) is 5. The van der Waals surface area contributed by atoms with E-state index < -0.39 is 0 Å². The third-order valence-corrected chi connectivity index (χ3v) is 4.23. The van der Waals surface area contributed by atoms with Crippen molar-refractivity contribution in [1.29, 1.82) is 0 Å². The molecule has 1 aromatic carbocycles. The first-order valence-corrected chi connectivity index (χ1v) is 8.30. The minimum atomic E-state index is -0.246. The number of carbonyl (C=O) groups excluding carboxylic acids is 2. The van der Waals surface area contributed by atoms with Gasteiger partial charge in [0.2, 0.25) is 5.91 Å². The van der Waals surface area contributed by atoms with Crippen LogP contribution in [0.1, 0.15) is 23.0 Å². The molecule has 25 heavy (non-hydrogen) atoms. The van der Waals surface area contributed by atoms with Gasteiger partial charge >= 0.3 is 0 Å². The summed E-state index contributed by atoms with van der Waals surface area (Å²) >= 11 is 0. The molecule has 7 nitrogen and oxygen atoms in total. The fraction of sp³-hybridized carbons (Fsp3) is 0.333. The summed E-state index contributed by atoms with van der Waals surface area (Å²) < 4.78 is 0. The highest BCUT2D eigenvalue weighted by molar-refractivity contribution is 5.92. The van der Waals surface area contributed by atoms with Crippen molar-refractivity contribution in [3.63, 3.8) is 0 Å². The molecule has 1 N–H and O–H groups in total. The van der Waals surface area contributed by atoms with Gasteiger partial charge in [0.05, 0.1) is 0 Å². The summed E-state index contributed by atoms with van der Waals surface area (Å²) in [6.07, 6.45) is 0. The molecule has 0 aliphatic carbocycles. The summed E-state index contributed by atoms with van der Waals surface area (Å²) in [7, 11) is 0. The molecule has 1 aromatic heterocycles. The van der Waals surface area contributed by atoms with Crippen molar-refractivity contribution in [3.8, 4) is 0 Å². The lowest BCUT2D eigenvalue weighted by molar-refractivity contribution is -0.129. The summed E-state index contributed by atoms with van der Waals surface area (Å²) in [5.41, 5.74) is 1.32. The highest BCUT2D eigenvalue weighted by Gasteiger charge is 2.20. The van der Waals surface area contributed by atoms with Crippen LogP contribution in [0.3, 0.4) is 0 Å². The third kappa shape index (κ3) is 4.32. The Morgan fingerprint density at radius 2 is 1.72 bits per heavy atom. The summed E-state index contributed by atoms with van der Waals surface area (Å²) in [4.78, 5) is 27.4. The van der Waals surface area contributed by atoms with Gasteiger partial charge in [0, 0.05) is 39.6 Å². The molecular formula is C18H21N5O2. The molecule has 0 atom stereocenters. The van der Waals surface area contributed by atoms with E-state index in [9.17, 15) is 9.59 Å². The predicted molar refractivity (Wildman–Crippen MR) is 94.1 cm³/mol. The Morgan fingerprint density at radius 3 is 2.32 bits per heavy atom. The van der Waals surface area contributed by atoms with Crippen LogP contribution < -0.4 is 10.2 Å². The maximum atomic E-state index is 12.2. The van der Waals surface area contributed by atoms with Crippen molar-refractivity contribution in [2.45, 2.75) is 13.5 Å². The first-order chi connectivity index (χ1) is 12.1. The predicted octanol–water partition coefficient (Wildman–Crippen LogP) is 1.08. The number of anilines is 1. The highest BCUT2D eigenvalue weighted by atomic mass is 16.2. The molecule has 1 fully saturated rings. The number of piperazine rings is 1. The number of amides is 2. The van der Waals surface area contributed by atoms with Crippen LogP contribution in [0.4, 0.5) is 5.82 Å². The monoisotopic (exact) mass is 339 g/mol. The first-order valence-electron chi connectivity index (χ1n) is 8.30. The van der Waals surface area contributed by atoms with E-state index in [1.54, 1.807) is 19.1 Å². The summed E-state index contributed by atoms with van der Waals surface area (Å²) in [5, 5.41) is 11.0. The van der Waals surface area contributed by atoms with Crippen LogP contribution in [0, 0.1) is 0 Å². The Kier molecular flexibility index (Phi) is 5.23. The molecule has 130 valence electrons. The second kappa shape index (κ2) is 7.74. The van der Waals surface area contributed by atoms with E-state index in [-0.39, 0.29) is 11.8 Å². The highest BCUT2D eigenvalue weighted by Crippen LogP contribution is 2.13. The first kappa shape index (κ1) is 16.9. The Bertz CT molecular complexity index is 725. The standard InChI is InChI=1S/C18H21N5O2/c1-14(24)22-9-11-23(12-10-22)17-8-7-16(20-21-17)18(25)19-13-15-5-3-2-4-6-15/h2-8H,9-13H2,1H3,(H,19,25). The van der Waals surface area contributed by atoms with Gasteiger partial charge in [0.25, 0.3) is 5.91 Å². The third-order valence-electron chi connectivity index (χ3n) is 4.23. The summed E-state index contributed by atoms with van der Waals surface area (Å²) in [5.74, 6) is 0.572. The molecule has 0 unspecified atom stereocenters. The van der Waals surface area contributed by atoms with Crippen molar-refractivity contribution >= 4 is 17.6 Å². The van der Waals surface area contributed by atoms with Crippen LogP contribution in [0.15, 0.2) is 42.5 Å². The number of nitrogens with zero attached hydrogens (tertiary/aromatic N) is 4. The SMILES string of the molecule is CC(=O)N1CCN(c2ccc(C(=O)NCc3ccccc3)nn2)CC1. The van der Waals surface area contributed by atoms with Crippen LogP contribution in [-0.4, -0.2) is 53.1 Å². The second-order valence-corrected chi connectivity index (χ2v) is 5.94. The normalized spacial score (nSPS) is 14.3. The molecule has 3 rings (SSSR count). The zero-order valence-corrected chi connectivity index (χ0v) is 14.2. The largest absolute Gasteiger partial charge is 0.352 e. The van der Waals surface area contributed by atoms with E-state index in [1.807, 2.05) is 35.2 Å². The summed E-state index contributed by atoms with van der Waals surface area (Å²) in [6.45, 7) is 4.82. The maximum Gasteiger partial charge on any atom is 0.272 e. The van der Waals surface area contributed by atoms with Gasteiger partial charge in [-0.05, 0) is 17.7 Å². The quantitative estimate of drug-likeness (QED) is 0.902. The van der Waals surface area contributed by atoms with Gasteiger partial charge in [-0.1, -0.05) is 30.3 Å². The van der Waals surface area contributed by atoms with Crippen molar-refractivity contribution < 1.29 is 9.59 Å². The molecule has 2 amide bonds. The van der Waals surface area contributed by atoms with Crippen LogP contribution in [0.25, 0.3) is 0 Å². The van der Waals surface area contributed by atoms with Gasteiger partial charge in [0.1, 0.15) is 0 Å². The fourth-order valence-corrected chi connectivity index (χ4v) is 2.73. The number of nitrogens with one attached hydrogen (secondary N) is 1. The maximum absolute atomic E-state index is 12.2. The lowest BCUT2D eigenvalue weighted by Crippen LogP contribution is -2.48. The molecule has 0 saturated carbocycles. The molecule has 1 saturated heterocycles. The van der Waals surface area contributed by atoms with Gasteiger partial charge < -0.3 is 15.1 Å². The Morgan fingerprint density at radius 1 is 1.00 bits per heavy atom. The number of carbonyl (C=O) groups is 2. The van der Waals surface area contributed by atoms with Crippen molar-refractivity contribution in [2.24, 2.45) is 0 Å². The number of rotatable bonds is 4. The lowest BCUT2D eigenvalue weighted by Gasteiger charge is -2.34. The molecule has 0 spiro atoms. The zero-order valence-electron chi connectivity index (χ0n) is 14.2. The van der Waals surface area contributed by atoms with Crippen molar-refractivity contribution in [2.75, 3.05) is 31.1 Å². The molecule has 1 aliphatic rings. The molecule has 0 bridgehead atoms. The summed E-state index contributed by atoms with van der Waals surface area (Å²) in [6, 6.07) is 13.2. The van der Waals surface area contributed by atoms with E-state index in [0.29, 0.717) is 38.4 Å². The smallest absolute Gasteiger partial charge is 0.272 e. The Hall–Kier alpha value is -2.96. The van der Waals surface area contributed by atoms with E-state index in [0.717, 1.165) is 11.4 Å². The van der Waals surface area contributed by atoms with Crippen LogP contribution in [0.2, 0.25) is 0 Å². The van der Waals surface area contributed by atoms with Gasteiger partial charge in [-0.2, -0.15) is 0 Å². The van der Waals surface area contributed by atoms with E-state index in [2.05, 4.69) is 20.4 Å². The average molecular weight is 339 g/mol. The Balaban J connectivity index is 1.55. The van der Waals surface area contributed by atoms with E-state index in [1.165, 1.54) is 0 Å². The molecule has 0 radical (unpaired) electrons. The van der Waals surface area contributed by atoms with Crippen molar-refractivity contribution in [3.05, 3.63) is 53.7 Å². The molecule has 2 heterocycles. The van der Waals surface area contributed by atoms with Gasteiger partial charge in [0.15, 0.2) is 11.5 Å². The number of hydrogen-bond donors (Lipinski definition) is 1. The zero-order chi connectivity index (χ0) is 17.6. The van der Waals surface area contributed by atoms with Gasteiger partial charge in [-0.15, -0.1) is 10.2 Å². The van der Waals surface area contributed by atoms with E-state index >= 15 is 0 Å².